The van der Waals surface area contributed by atoms with E-state index in [2.05, 4.69) is 11.4 Å². The van der Waals surface area contributed by atoms with Crippen LogP contribution in [0.15, 0.2) is 54.6 Å². The second kappa shape index (κ2) is 8.67. The van der Waals surface area contributed by atoms with Crippen molar-refractivity contribution >= 4 is 34.9 Å². The fourth-order valence-corrected chi connectivity index (χ4v) is 3.02. The van der Waals surface area contributed by atoms with E-state index in [-0.39, 0.29) is 28.2 Å². The molecule has 0 saturated heterocycles. The minimum absolute atomic E-state index is 0.00303. The number of halogens is 1. The third-order valence-electron chi connectivity index (χ3n) is 4.34. The van der Waals surface area contributed by atoms with Crippen molar-refractivity contribution < 1.29 is 19.2 Å². The Hall–Kier alpha value is -3.19. The summed E-state index contributed by atoms with van der Waals surface area (Å²) in [4.78, 5) is 34.8. The van der Waals surface area contributed by atoms with Crippen LogP contribution in [-0.4, -0.2) is 16.8 Å². The highest BCUT2D eigenvalue weighted by Gasteiger charge is 2.21. The molecular weight excluding hydrogens is 384 g/mol. The lowest BCUT2D eigenvalue weighted by molar-refractivity contribution is -0.384. The van der Waals surface area contributed by atoms with Crippen molar-refractivity contribution in [3.8, 4) is 5.75 Å². The van der Waals surface area contributed by atoms with Gasteiger partial charge in [0.15, 0.2) is 0 Å². The molecule has 1 N–H and O–H groups in total. The molecule has 144 valence electrons. The molecule has 0 fully saturated rings. The Kier molecular flexibility index (Phi) is 6.06. The Bertz CT molecular complexity index is 940. The molecule has 8 heteroatoms. The minimum Gasteiger partial charge on any atom is -0.426 e. The summed E-state index contributed by atoms with van der Waals surface area (Å²) in [6, 6.07) is 9.94. The van der Waals surface area contributed by atoms with Crippen molar-refractivity contribution in [2.45, 2.75) is 19.3 Å². The average Bonchev–Trinajstić information content (AvgIpc) is 2.70. The van der Waals surface area contributed by atoms with Crippen LogP contribution >= 0.6 is 11.6 Å². The number of esters is 1. The molecular formula is C20H17ClN2O5. The minimum atomic E-state index is -0.599. The highest BCUT2D eigenvalue weighted by atomic mass is 35.5. The van der Waals surface area contributed by atoms with Crippen LogP contribution in [-0.2, 0) is 4.79 Å². The first-order valence-corrected chi connectivity index (χ1v) is 9.04. The number of nitro groups is 1. The van der Waals surface area contributed by atoms with E-state index in [1.54, 1.807) is 24.3 Å². The maximum atomic E-state index is 12.4. The van der Waals surface area contributed by atoms with E-state index in [4.69, 9.17) is 16.3 Å². The summed E-state index contributed by atoms with van der Waals surface area (Å²) >= 11 is 5.97. The number of ether oxygens (including phenoxy) is 1. The molecule has 0 unspecified atom stereocenters. The largest absolute Gasteiger partial charge is 0.426 e. The number of nitrogens with one attached hydrogen (secondary N) is 1. The lowest BCUT2D eigenvalue weighted by Crippen LogP contribution is -2.21. The van der Waals surface area contributed by atoms with Crippen molar-refractivity contribution in [3.63, 3.8) is 0 Å². The van der Waals surface area contributed by atoms with Gasteiger partial charge in [0, 0.05) is 17.8 Å². The summed E-state index contributed by atoms with van der Waals surface area (Å²) in [6.45, 7) is 0. The summed E-state index contributed by atoms with van der Waals surface area (Å²) in [5.41, 5.74) is 0.207. The molecule has 2 aromatic rings. The number of nitro benzene ring substituents is 1. The topological polar surface area (TPSA) is 98.5 Å². The SMILES string of the molecule is O=C(Nc1ccc(OC(=O)[C@H]2CC=CCC2)cc1)c1cc([N+](=O)[O-])ccc1Cl. The van der Waals surface area contributed by atoms with Gasteiger partial charge in [0.25, 0.3) is 11.6 Å². The van der Waals surface area contributed by atoms with Gasteiger partial charge >= 0.3 is 5.97 Å². The summed E-state index contributed by atoms with van der Waals surface area (Å²) in [5, 5.41) is 13.6. The molecule has 0 saturated carbocycles. The standard InChI is InChI=1S/C20H17ClN2O5/c21-18-11-8-15(23(26)27)12-17(18)19(24)22-14-6-9-16(10-7-14)28-20(25)13-4-2-1-3-5-13/h1-2,6-13H,3-5H2,(H,22,24)/t13-/m0/s1. The molecule has 1 atom stereocenters. The van der Waals surface area contributed by atoms with Gasteiger partial charge in [0.05, 0.1) is 21.4 Å². The van der Waals surface area contributed by atoms with E-state index >= 15 is 0 Å². The molecule has 1 aliphatic carbocycles. The molecule has 0 radical (unpaired) electrons. The van der Waals surface area contributed by atoms with Crippen LogP contribution in [0.2, 0.25) is 5.02 Å². The highest BCUT2D eigenvalue weighted by Crippen LogP contribution is 2.25. The smallest absolute Gasteiger partial charge is 0.314 e. The maximum Gasteiger partial charge on any atom is 0.314 e. The monoisotopic (exact) mass is 400 g/mol. The Morgan fingerprint density at radius 2 is 1.89 bits per heavy atom. The Morgan fingerprint density at radius 1 is 1.14 bits per heavy atom. The van der Waals surface area contributed by atoms with Crippen LogP contribution in [0.3, 0.4) is 0 Å². The van der Waals surface area contributed by atoms with Crippen molar-refractivity contribution in [1.29, 1.82) is 0 Å². The zero-order valence-corrected chi connectivity index (χ0v) is 15.5. The van der Waals surface area contributed by atoms with Crippen molar-refractivity contribution in [2.75, 3.05) is 5.32 Å². The Balaban J connectivity index is 1.65. The molecule has 1 amide bonds. The first-order valence-electron chi connectivity index (χ1n) is 8.66. The lowest BCUT2D eigenvalue weighted by atomic mass is 9.95. The molecule has 28 heavy (non-hydrogen) atoms. The van der Waals surface area contributed by atoms with E-state index in [1.807, 2.05) is 6.08 Å². The fraction of sp³-hybridized carbons (Fsp3) is 0.200. The first-order chi connectivity index (χ1) is 13.4. The van der Waals surface area contributed by atoms with Gasteiger partial charge in [-0.05, 0) is 49.6 Å². The number of carbonyl (C=O) groups excluding carboxylic acids is 2. The van der Waals surface area contributed by atoms with Crippen molar-refractivity contribution in [2.24, 2.45) is 5.92 Å². The van der Waals surface area contributed by atoms with E-state index in [9.17, 15) is 19.7 Å². The zero-order valence-electron chi connectivity index (χ0n) is 14.8. The third-order valence-corrected chi connectivity index (χ3v) is 4.67. The highest BCUT2D eigenvalue weighted by molar-refractivity contribution is 6.34. The first kappa shape index (κ1) is 19.6. The molecule has 0 spiro atoms. The molecule has 3 rings (SSSR count). The van der Waals surface area contributed by atoms with Gasteiger partial charge in [0.1, 0.15) is 5.75 Å². The predicted molar refractivity (Wildman–Crippen MR) is 105 cm³/mol. The molecule has 2 aromatic carbocycles. The number of rotatable bonds is 5. The number of non-ortho nitro benzene ring substituents is 1. The summed E-state index contributed by atoms with van der Waals surface area (Å²) in [5.74, 6) is -0.608. The number of amides is 1. The van der Waals surface area contributed by atoms with Crippen molar-refractivity contribution in [3.05, 3.63) is 75.3 Å². The normalized spacial score (nSPS) is 15.7. The second-order valence-corrected chi connectivity index (χ2v) is 6.71. The fourth-order valence-electron chi connectivity index (χ4n) is 2.81. The summed E-state index contributed by atoms with van der Waals surface area (Å²) in [7, 11) is 0. The molecule has 0 aliphatic heterocycles. The predicted octanol–water partition coefficient (Wildman–Crippen LogP) is 4.76. The van der Waals surface area contributed by atoms with Crippen LogP contribution in [0, 0.1) is 16.0 Å². The van der Waals surface area contributed by atoms with E-state index < -0.39 is 10.8 Å². The zero-order chi connectivity index (χ0) is 20.1. The van der Waals surface area contributed by atoms with E-state index in [1.165, 1.54) is 12.1 Å². The van der Waals surface area contributed by atoms with Crippen LogP contribution in [0.25, 0.3) is 0 Å². The third kappa shape index (κ3) is 4.75. The molecule has 0 heterocycles. The van der Waals surface area contributed by atoms with Gasteiger partial charge in [-0.25, -0.2) is 0 Å². The lowest BCUT2D eigenvalue weighted by Gasteiger charge is -2.16. The van der Waals surface area contributed by atoms with Crippen LogP contribution in [0.5, 0.6) is 5.75 Å². The number of hydrogen-bond donors (Lipinski definition) is 1. The van der Waals surface area contributed by atoms with E-state index in [0.717, 1.165) is 18.9 Å². The number of carbonyl (C=O) groups is 2. The van der Waals surface area contributed by atoms with Crippen LogP contribution < -0.4 is 10.1 Å². The van der Waals surface area contributed by atoms with Crippen molar-refractivity contribution in [1.82, 2.24) is 0 Å². The van der Waals surface area contributed by atoms with Crippen LogP contribution in [0.4, 0.5) is 11.4 Å². The van der Waals surface area contributed by atoms with Gasteiger partial charge in [-0.2, -0.15) is 0 Å². The number of allylic oxidation sites excluding steroid dienone is 2. The van der Waals surface area contributed by atoms with Gasteiger partial charge in [0.2, 0.25) is 0 Å². The van der Waals surface area contributed by atoms with Gasteiger partial charge in [-0.1, -0.05) is 23.8 Å². The number of benzene rings is 2. The molecule has 0 aromatic heterocycles. The van der Waals surface area contributed by atoms with Gasteiger partial charge in [-0.15, -0.1) is 0 Å². The van der Waals surface area contributed by atoms with Gasteiger partial charge in [-0.3, -0.25) is 19.7 Å². The number of nitrogens with zero attached hydrogens (tertiary/aromatic N) is 1. The molecule has 7 nitrogen and oxygen atoms in total. The maximum absolute atomic E-state index is 12.4. The molecule has 1 aliphatic rings. The van der Waals surface area contributed by atoms with Gasteiger partial charge < -0.3 is 10.1 Å². The Morgan fingerprint density at radius 3 is 2.54 bits per heavy atom. The summed E-state index contributed by atoms with van der Waals surface area (Å²) in [6.07, 6.45) is 6.34. The summed E-state index contributed by atoms with van der Waals surface area (Å²) < 4.78 is 5.38. The Labute approximate surface area is 166 Å². The number of hydrogen-bond acceptors (Lipinski definition) is 5. The van der Waals surface area contributed by atoms with E-state index in [0.29, 0.717) is 17.9 Å². The number of anilines is 1. The average molecular weight is 401 g/mol. The van der Waals surface area contributed by atoms with Crippen LogP contribution in [0.1, 0.15) is 29.6 Å². The quantitative estimate of drug-likeness (QED) is 0.256. The second-order valence-electron chi connectivity index (χ2n) is 6.30. The molecule has 0 bridgehead atoms.